The average Bonchev–Trinajstić information content (AvgIpc) is 2.81. The molecule has 130 valence electrons. The van der Waals surface area contributed by atoms with E-state index in [4.69, 9.17) is 22.2 Å². The van der Waals surface area contributed by atoms with Gasteiger partial charge in [-0.2, -0.15) is 0 Å². The monoisotopic (exact) mass is 370 g/mol. The number of aryl methyl sites for hydroxylation is 1. The van der Waals surface area contributed by atoms with Gasteiger partial charge in [-0.1, -0.05) is 49.3 Å². The Hall–Kier alpha value is -1.79. The van der Waals surface area contributed by atoms with Crippen molar-refractivity contribution < 1.29 is 0 Å². The van der Waals surface area contributed by atoms with E-state index < -0.39 is 0 Å². The molecule has 6 heteroatoms. The van der Waals surface area contributed by atoms with E-state index in [9.17, 15) is 0 Å². The van der Waals surface area contributed by atoms with Gasteiger partial charge in [0.15, 0.2) is 15.4 Å². The standard InChI is InChI=1S/C19H22N4S2/c1-2-15-20-17(22-12-8-3-4-9-13-22)16-18(21-15)23(19(24)25-16)14-10-6-5-7-11-14/h5-7,10-11H,2-4,8-9,12-13H2,1H3. The van der Waals surface area contributed by atoms with Crippen molar-refractivity contribution in [3.05, 3.63) is 40.1 Å². The predicted octanol–water partition coefficient (Wildman–Crippen LogP) is 5.15. The average molecular weight is 371 g/mol. The van der Waals surface area contributed by atoms with Crippen LogP contribution < -0.4 is 4.90 Å². The SMILES string of the molecule is CCc1nc(N2CCCCCC2)c2sc(=S)n(-c3ccccc3)c2n1. The summed E-state index contributed by atoms with van der Waals surface area (Å²) in [4.78, 5) is 12.2. The molecule has 0 radical (unpaired) electrons. The van der Waals surface area contributed by atoms with Crippen LogP contribution in [0.1, 0.15) is 38.4 Å². The molecule has 2 aromatic heterocycles. The van der Waals surface area contributed by atoms with E-state index >= 15 is 0 Å². The van der Waals surface area contributed by atoms with E-state index in [0.717, 1.165) is 51.1 Å². The molecule has 0 spiro atoms. The van der Waals surface area contributed by atoms with Crippen LogP contribution in [0.4, 0.5) is 5.82 Å². The minimum Gasteiger partial charge on any atom is -0.355 e. The summed E-state index contributed by atoms with van der Waals surface area (Å²) in [6.45, 7) is 4.26. The second kappa shape index (κ2) is 7.22. The van der Waals surface area contributed by atoms with E-state index in [2.05, 4.69) is 28.5 Å². The second-order valence-corrected chi connectivity index (χ2v) is 8.05. The Morgan fingerprint density at radius 3 is 2.44 bits per heavy atom. The second-order valence-electron chi connectivity index (χ2n) is 6.41. The van der Waals surface area contributed by atoms with E-state index in [1.165, 1.54) is 25.7 Å². The van der Waals surface area contributed by atoms with Crippen LogP contribution in [0.5, 0.6) is 0 Å². The van der Waals surface area contributed by atoms with Gasteiger partial charge in [-0.25, -0.2) is 9.97 Å². The summed E-state index contributed by atoms with van der Waals surface area (Å²) in [5.74, 6) is 1.97. The normalized spacial score (nSPS) is 15.5. The third-order valence-corrected chi connectivity index (χ3v) is 6.06. The van der Waals surface area contributed by atoms with Crippen molar-refractivity contribution in [1.29, 1.82) is 0 Å². The Kier molecular flexibility index (Phi) is 4.81. The van der Waals surface area contributed by atoms with Gasteiger partial charge in [0, 0.05) is 25.2 Å². The first-order chi connectivity index (χ1) is 12.3. The van der Waals surface area contributed by atoms with Crippen molar-refractivity contribution in [2.75, 3.05) is 18.0 Å². The lowest BCUT2D eigenvalue weighted by atomic mass is 10.2. The van der Waals surface area contributed by atoms with Crippen molar-refractivity contribution in [1.82, 2.24) is 14.5 Å². The molecule has 1 aliphatic rings. The molecule has 3 aromatic rings. The largest absolute Gasteiger partial charge is 0.355 e. The molecule has 1 saturated heterocycles. The molecule has 4 rings (SSSR count). The van der Waals surface area contributed by atoms with Crippen molar-refractivity contribution in [3.8, 4) is 5.69 Å². The maximum Gasteiger partial charge on any atom is 0.168 e. The summed E-state index contributed by atoms with van der Waals surface area (Å²) in [7, 11) is 0. The smallest absolute Gasteiger partial charge is 0.168 e. The maximum absolute atomic E-state index is 5.70. The molecule has 0 unspecified atom stereocenters. The van der Waals surface area contributed by atoms with Crippen molar-refractivity contribution in [2.24, 2.45) is 0 Å². The number of hydrogen-bond acceptors (Lipinski definition) is 5. The number of hydrogen-bond donors (Lipinski definition) is 0. The van der Waals surface area contributed by atoms with Gasteiger partial charge < -0.3 is 4.90 Å². The van der Waals surface area contributed by atoms with Crippen LogP contribution in [0.25, 0.3) is 16.0 Å². The quantitative estimate of drug-likeness (QED) is 0.597. The highest BCUT2D eigenvalue weighted by Gasteiger charge is 2.20. The Bertz CT molecular complexity index is 922. The Labute approximate surface area is 157 Å². The Balaban J connectivity index is 1.94. The van der Waals surface area contributed by atoms with Gasteiger partial charge in [0.25, 0.3) is 0 Å². The molecule has 3 heterocycles. The lowest BCUT2D eigenvalue weighted by molar-refractivity contribution is 0.726. The molecule has 1 fully saturated rings. The molecule has 4 nitrogen and oxygen atoms in total. The Morgan fingerprint density at radius 1 is 1.04 bits per heavy atom. The number of para-hydroxylation sites is 1. The van der Waals surface area contributed by atoms with Gasteiger partial charge in [-0.05, 0) is 37.2 Å². The van der Waals surface area contributed by atoms with Gasteiger partial charge >= 0.3 is 0 Å². The van der Waals surface area contributed by atoms with Crippen molar-refractivity contribution in [2.45, 2.75) is 39.0 Å². The first-order valence-corrected chi connectivity index (χ1v) is 10.2. The minimum absolute atomic E-state index is 0.828. The van der Waals surface area contributed by atoms with Crippen LogP contribution in [-0.2, 0) is 6.42 Å². The molecule has 0 aliphatic carbocycles. The number of nitrogens with zero attached hydrogens (tertiary/aromatic N) is 4. The van der Waals surface area contributed by atoms with Crippen LogP contribution in [0.3, 0.4) is 0 Å². The number of aromatic nitrogens is 3. The minimum atomic E-state index is 0.828. The molecule has 25 heavy (non-hydrogen) atoms. The van der Waals surface area contributed by atoms with Crippen LogP contribution in [0, 0.1) is 3.95 Å². The number of rotatable bonds is 3. The topological polar surface area (TPSA) is 34.0 Å². The van der Waals surface area contributed by atoms with Crippen LogP contribution >= 0.6 is 23.6 Å². The summed E-state index contributed by atoms with van der Waals surface area (Å²) >= 11 is 7.33. The highest BCUT2D eigenvalue weighted by molar-refractivity contribution is 7.73. The molecule has 0 N–H and O–H groups in total. The van der Waals surface area contributed by atoms with E-state index in [1.807, 2.05) is 18.2 Å². The zero-order valence-electron chi connectivity index (χ0n) is 14.4. The van der Waals surface area contributed by atoms with Gasteiger partial charge in [0.1, 0.15) is 10.5 Å². The van der Waals surface area contributed by atoms with E-state index in [1.54, 1.807) is 11.3 Å². The van der Waals surface area contributed by atoms with Gasteiger partial charge in [0.05, 0.1) is 0 Å². The van der Waals surface area contributed by atoms with Gasteiger partial charge in [-0.15, -0.1) is 0 Å². The molecule has 1 aliphatic heterocycles. The number of fused-ring (bicyclic) bond motifs is 1. The van der Waals surface area contributed by atoms with E-state index in [0.29, 0.717) is 0 Å². The number of anilines is 1. The zero-order valence-corrected chi connectivity index (χ0v) is 16.1. The predicted molar refractivity (Wildman–Crippen MR) is 108 cm³/mol. The molecule has 0 bridgehead atoms. The third-order valence-electron chi connectivity index (χ3n) is 4.70. The highest BCUT2D eigenvalue weighted by atomic mass is 32.1. The summed E-state index contributed by atoms with van der Waals surface area (Å²) in [6, 6.07) is 10.3. The highest BCUT2D eigenvalue weighted by Crippen LogP contribution is 2.33. The number of benzene rings is 1. The summed E-state index contributed by atoms with van der Waals surface area (Å²) in [5, 5.41) is 0. The molecule has 1 aromatic carbocycles. The fourth-order valence-electron chi connectivity index (χ4n) is 3.39. The number of thiazole rings is 1. The van der Waals surface area contributed by atoms with Crippen molar-refractivity contribution in [3.63, 3.8) is 0 Å². The van der Waals surface area contributed by atoms with Crippen LogP contribution in [0.2, 0.25) is 0 Å². The fraction of sp³-hybridized carbons (Fsp3) is 0.421. The molecule has 0 atom stereocenters. The lowest BCUT2D eigenvalue weighted by Crippen LogP contribution is -2.25. The van der Waals surface area contributed by atoms with Gasteiger partial charge in [-0.3, -0.25) is 4.57 Å². The third kappa shape index (κ3) is 3.20. The maximum atomic E-state index is 5.70. The summed E-state index contributed by atoms with van der Waals surface area (Å²) in [6.07, 6.45) is 5.92. The lowest BCUT2D eigenvalue weighted by Gasteiger charge is -2.22. The Morgan fingerprint density at radius 2 is 1.76 bits per heavy atom. The first-order valence-electron chi connectivity index (χ1n) is 9.01. The first kappa shape index (κ1) is 16.7. The van der Waals surface area contributed by atoms with Gasteiger partial charge in [0.2, 0.25) is 0 Å². The zero-order chi connectivity index (χ0) is 17.2. The van der Waals surface area contributed by atoms with Crippen LogP contribution in [-0.4, -0.2) is 27.6 Å². The van der Waals surface area contributed by atoms with E-state index in [-0.39, 0.29) is 0 Å². The molecular formula is C19H22N4S2. The molecular weight excluding hydrogens is 348 g/mol. The molecule has 0 saturated carbocycles. The fourth-order valence-corrected chi connectivity index (χ4v) is 4.79. The summed E-state index contributed by atoms with van der Waals surface area (Å²) < 4.78 is 4.05. The molecule has 0 amide bonds. The van der Waals surface area contributed by atoms with Crippen LogP contribution in [0.15, 0.2) is 30.3 Å². The van der Waals surface area contributed by atoms with Crippen molar-refractivity contribution >= 4 is 39.7 Å². The summed E-state index contributed by atoms with van der Waals surface area (Å²) in [5.41, 5.74) is 2.02.